The standard InChI is InChI=1S/C21H18N4OS/c1-15-7-5-11-19(22-15)24-20(26)13-25-12-6-10-18(25)21-23-17(14-27-21)16-8-3-2-4-9-16/h2-12,14H,13H2,1H3,(H,22,24,26). The summed E-state index contributed by atoms with van der Waals surface area (Å²) in [6.45, 7) is 2.10. The van der Waals surface area contributed by atoms with Crippen LogP contribution in [-0.2, 0) is 11.3 Å². The average Bonchev–Trinajstić information content (AvgIpc) is 3.31. The zero-order valence-electron chi connectivity index (χ0n) is 14.8. The normalized spacial score (nSPS) is 10.7. The molecule has 4 aromatic rings. The SMILES string of the molecule is Cc1cccc(NC(=O)Cn2cccc2-c2nc(-c3ccccc3)cs2)n1. The maximum Gasteiger partial charge on any atom is 0.245 e. The molecular formula is C21H18N4OS. The number of pyridine rings is 1. The fourth-order valence-corrected chi connectivity index (χ4v) is 3.70. The Kier molecular flexibility index (Phi) is 4.80. The molecule has 0 saturated carbocycles. The van der Waals surface area contributed by atoms with Crippen LogP contribution in [0.5, 0.6) is 0 Å². The smallest absolute Gasteiger partial charge is 0.245 e. The van der Waals surface area contributed by atoms with Crippen LogP contribution in [0.25, 0.3) is 22.0 Å². The van der Waals surface area contributed by atoms with Crippen LogP contribution >= 0.6 is 11.3 Å². The molecule has 1 N–H and O–H groups in total. The zero-order valence-corrected chi connectivity index (χ0v) is 15.6. The number of hydrogen-bond acceptors (Lipinski definition) is 4. The number of carbonyl (C=O) groups excluding carboxylic acids is 1. The molecule has 134 valence electrons. The summed E-state index contributed by atoms with van der Waals surface area (Å²) in [6, 6.07) is 19.5. The van der Waals surface area contributed by atoms with Crippen LogP contribution < -0.4 is 5.32 Å². The molecule has 0 radical (unpaired) electrons. The first kappa shape index (κ1) is 17.2. The summed E-state index contributed by atoms with van der Waals surface area (Å²) < 4.78 is 1.90. The minimum absolute atomic E-state index is 0.120. The number of carbonyl (C=O) groups is 1. The van der Waals surface area contributed by atoms with Crippen molar-refractivity contribution in [1.29, 1.82) is 0 Å². The van der Waals surface area contributed by atoms with Gasteiger partial charge in [0.05, 0.1) is 11.4 Å². The lowest BCUT2D eigenvalue weighted by molar-refractivity contribution is -0.116. The minimum atomic E-state index is -0.120. The van der Waals surface area contributed by atoms with E-state index in [2.05, 4.69) is 10.3 Å². The number of benzene rings is 1. The Bertz CT molecular complexity index is 1070. The molecule has 0 aliphatic heterocycles. The Labute approximate surface area is 161 Å². The van der Waals surface area contributed by atoms with Crippen molar-refractivity contribution in [3.05, 3.63) is 77.9 Å². The number of anilines is 1. The summed E-state index contributed by atoms with van der Waals surface area (Å²) in [5.41, 5.74) is 3.82. The number of amides is 1. The van der Waals surface area contributed by atoms with Crippen molar-refractivity contribution in [3.63, 3.8) is 0 Å². The first-order chi connectivity index (χ1) is 13.2. The van der Waals surface area contributed by atoms with E-state index in [9.17, 15) is 4.79 Å². The largest absolute Gasteiger partial charge is 0.336 e. The van der Waals surface area contributed by atoms with Crippen LogP contribution in [-0.4, -0.2) is 20.4 Å². The predicted molar refractivity (Wildman–Crippen MR) is 109 cm³/mol. The molecule has 0 bridgehead atoms. The van der Waals surface area contributed by atoms with Crippen molar-refractivity contribution in [3.8, 4) is 22.0 Å². The summed E-state index contributed by atoms with van der Waals surface area (Å²) in [5, 5.41) is 5.77. The molecule has 1 aromatic carbocycles. The number of thiazole rings is 1. The van der Waals surface area contributed by atoms with Gasteiger partial charge in [0.15, 0.2) is 0 Å². The van der Waals surface area contributed by atoms with Gasteiger partial charge in [-0.15, -0.1) is 11.3 Å². The van der Waals surface area contributed by atoms with E-state index in [4.69, 9.17) is 4.98 Å². The Balaban J connectivity index is 1.51. The first-order valence-electron chi connectivity index (χ1n) is 8.59. The van der Waals surface area contributed by atoms with Gasteiger partial charge in [0.2, 0.25) is 5.91 Å². The van der Waals surface area contributed by atoms with Crippen molar-refractivity contribution in [2.24, 2.45) is 0 Å². The molecule has 5 nitrogen and oxygen atoms in total. The van der Waals surface area contributed by atoms with Crippen molar-refractivity contribution in [1.82, 2.24) is 14.5 Å². The van der Waals surface area contributed by atoms with E-state index >= 15 is 0 Å². The molecule has 3 aromatic heterocycles. The molecular weight excluding hydrogens is 356 g/mol. The minimum Gasteiger partial charge on any atom is -0.336 e. The van der Waals surface area contributed by atoms with Crippen LogP contribution in [0.2, 0.25) is 0 Å². The van der Waals surface area contributed by atoms with E-state index in [0.717, 1.165) is 27.7 Å². The number of aryl methyl sites for hydroxylation is 1. The number of hydrogen-bond donors (Lipinski definition) is 1. The van der Waals surface area contributed by atoms with Gasteiger partial charge in [0.25, 0.3) is 0 Å². The summed E-state index contributed by atoms with van der Waals surface area (Å²) in [5.74, 6) is 0.444. The summed E-state index contributed by atoms with van der Waals surface area (Å²) in [7, 11) is 0. The van der Waals surface area contributed by atoms with Gasteiger partial charge < -0.3 is 9.88 Å². The highest BCUT2D eigenvalue weighted by Gasteiger charge is 2.13. The van der Waals surface area contributed by atoms with Gasteiger partial charge >= 0.3 is 0 Å². The number of nitrogens with zero attached hydrogens (tertiary/aromatic N) is 3. The van der Waals surface area contributed by atoms with E-state index in [0.29, 0.717) is 5.82 Å². The van der Waals surface area contributed by atoms with Gasteiger partial charge in [-0.1, -0.05) is 36.4 Å². The van der Waals surface area contributed by atoms with Crippen molar-refractivity contribution < 1.29 is 4.79 Å². The first-order valence-corrected chi connectivity index (χ1v) is 9.47. The molecule has 1 amide bonds. The summed E-state index contributed by atoms with van der Waals surface area (Å²) >= 11 is 1.57. The molecule has 6 heteroatoms. The maximum atomic E-state index is 12.4. The summed E-state index contributed by atoms with van der Waals surface area (Å²) in [6.07, 6.45) is 1.89. The highest BCUT2D eigenvalue weighted by molar-refractivity contribution is 7.13. The third kappa shape index (κ3) is 3.96. The third-order valence-electron chi connectivity index (χ3n) is 4.09. The second kappa shape index (κ2) is 7.55. The van der Waals surface area contributed by atoms with E-state index in [1.807, 2.05) is 77.7 Å². The van der Waals surface area contributed by atoms with Crippen LogP contribution in [0.3, 0.4) is 0 Å². The fourth-order valence-electron chi connectivity index (χ4n) is 2.83. The zero-order chi connectivity index (χ0) is 18.6. The fraction of sp³-hybridized carbons (Fsp3) is 0.0952. The highest BCUT2D eigenvalue weighted by atomic mass is 32.1. The molecule has 0 aliphatic carbocycles. The van der Waals surface area contributed by atoms with Gasteiger partial charge in [-0.05, 0) is 31.2 Å². The predicted octanol–water partition coefficient (Wildman–Crippen LogP) is 4.62. The monoisotopic (exact) mass is 374 g/mol. The molecule has 0 aliphatic rings. The molecule has 0 unspecified atom stereocenters. The molecule has 4 rings (SSSR count). The topological polar surface area (TPSA) is 59.8 Å². The van der Waals surface area contributed by atoms with Crippen molar-refractivity contribution >= 4 is 23.1 Å². The second-order valence-electron chi connectivity index (χ2n) is 6.14. The molecule has 3 heterocycles. The number of aromatic nitrogens is 3. The lowest BCUT2D eigenvalue weighted by Gasteiger charge is -2.08. The van der Waals surface area contributed by atoms with Crippen LogP contribution in [0, 0.1) is 6.92 Å². The average molecular weight is 374 g/mol. The Morgan fingerprint density at radius 1 is 1.04 bits per heavy atom. The molecule has 27 heavy (non-hydrogen) atoms. The van der Waals surface area contributed by atoms with Gasteiger partial charge in [-0.25, -0.2) is 9.97 Å². The molecule has 0 spiro atoms. The second-order valence-corrected chi connectivity index (χ2v) is 7.00. The summed E-state index contributed by atoms with van der Waals surface area (Å²) in [4.78, 5) is 21.5. The lowest BCUT2D eigenvalue weighted by Crippen LogP contribution is -2.19. The van der Waals surface area contributed by atoms with E-state index in [1.165, 1.54) is 0 Å². The van der Waals surface area contributed by atoms with E-state index < -0.39 is 0 Å². The molecule has 0 saturated heterocycles. The Morgan fingerprint density at radius 3 is 2.70 bits per heavy atom. The highest BCUT2D eigenvalue weighted by Crippen LogP contribution is 2.29. The van der Waals surface area contributed by atoms with Gasteiger partial charge in [0.1, 0.15) is 17.4 Å². The maximum absolute atomic E-state index is 12.4. The lowest BCUT2D eigenvalue weighted by atomic mass is 10.2. The number of nitrogens with one attached hydrogen (secondary N) is 1. The Morgan fingerprint density at radius 2 is 1.89 bits per heavy atom. The van der Waals surface area contributed by atoms with Crippen LogP contribution in [0.1, 0.15) is 5.69 Å². The van der Waals surface area contributed by atoms with Crippen molar-refractivity contribution in [2.45, 2.75) is 13.5 Å². The van der Waals surface area contributed by atoms with Gasteiger partial charge in [0, 0.05) is 22.8 Å². The van der Waals surface area contributed by atoms with Crippen LogP contribution in [0.15, 0.2) is 72.2 Å². The Hall–Kier alpha value is -3.25. The quantitative estimate of drug-likeness (QED) is 0.554. The van der Waals surface area contributed by atoms with Gasteiger partial charge in [-0.3, -0.25) is 4.79 Å². The molecule has 0 atom stereocenters. The molecule has 0 fully saturated rings. The van der Waals surface area contributed by atoms with E-state index in [-0.39, 0.29) is 12.5 Å². The van der Waals surface area contributed by atoms with Gasteiger partial charge in [-0.2, -0.15) is 0 Å². The van der Waals surface area contributed by atoms with Crippen LogP contribution in [0.4, 0.5) is 5.82 Å². The van der Waals surface area contributed by atoms with E-state index in [1.54, 1.807) is 17.4 Å². The number of rotatable bonds is 5. The third-order valence-corrected chi connectivity index (χ3v) is 4.96. The van der Waals surface area contributed by atoms with Crippen molar-refractivity contribution in [2.75, 3.05) is 5.32 Å².